The average Bonchev–Trinajstić information content (AvgIpc) is 2.73. The summed E-state index contributed by atoms with van der Waals surface area (Å²) in [7, 11) is -3.86. The van der Waals surface area contributed by atoms with Crippen LogP contribution in [0.4, 0.5) is 0 Å². The highest BCUT2D eigenvalue weighted by Crippen LogP contribution is 2.38. The second-order valence-corrected chi connectivity index (χ2v) is 8.78. The van der Waals surface area contributed by atoms with E-state index in [0.717, 1.165) is 10.9 Å². The van der Waals surface area contributed by atoms with E-state index in [1.807, 2.05) is 25.1 Å². The van der Waals surface area contributed by atoms with E-state index < -0.39 is 15.7 Å². The van der Waals surface area contributed by atoms with Crippen LogP contribution >= 0.6 is 0 Å². The van der Waals surface area contributed by atoms with E-state index in [4.69, 9.17) is 5.73 Å². The fourth-order valence-electron chi connectivity index (χ4n) is 3.51. The van der Waals surface area contributed by atoms with Gasteiger partial charge in [-0.2, -0.15) is 0 Å². The Kier molecular flexibility index (Phi) is 4.68. The van der Waals surface area contributed by atoms with Crippen molar-refractivity contribution in [3.05, 3.63) is 96.1 Å². The molecule has 0 aliphatic carbocycles. The highest BCUT2D eigenvalue weighted by Gasteiger charge is 2.26. The Hall–Kier alpha value is -3.44. The quantitative estimate of drug-likeness (QED) is 0.536. The molecule has 4 rings (SSSR count). The molecule has 0 atom stereocenters. The smallest absolute Gasteiger partial charge is 0.249 e. The van der Waals surface area contributed by atoms with Gasteiger partial charge in [0.2, 0.25) is 15.7 Å². The van der Waals surface area contributed by atoms with Gasteiger partial charge in [0.25, 0.3) is 0 Å². The van der Waals surface area contributed by atoms with E-state index in [1.54, 1.807) is 66.7 Å². The molecule has 0 spiro atoms. The van der Waals surface area contributed by atoms with E-state index in [0.29, 0.717) is 16.5 Å². The van der Waals surface area contributed by atoms with Crippen molar-refractivity contribution in [2.45, 2.75) is 16.7 Å². The Morgan fingerprint density at radius 1 is 0.759 bits per heavy atom. The third kappa shape index (κ3) is 3.30. The number of carbonyl (C=O) groups excluding carboxylic acids is 1. The van der Waals surface area contributed by atoms with Crippen molar-refractivity contribution in [1.82, 2.24) is 0 Å². The molecule has 0 aliphatic rings. The van der Waals surface area contributed by atoms with Gasteiger partial charge in [-0.1, -0.05) is 72.3 Å². The van der Waals surface area contributed by atoms with Gasteiger partial charge in [0.1, 0.15) is 0 Å². The van der Waals surface area contributed by atoms with Crippen LogP contribution in [0.5, 0.6) is 0 Å². The predicted molar refractivity (Wildman–Crippen MR) is 115 cm³/mol. The van der Waals surface area contributed by atoms with Gasteiger partial charge >= 0.3 is 0 Å². The molecule has 5 heteroatoms. The highest BCUT2D eigenvalue weighted by atomic mass is 32.2. The molecule has 144 valence electrons. The molecule has 0 fully saturated rings. The van der Waals surface area contributed by atoms with Crippen LogP contribution in [0.25, 0.3) is 21.9 Å². The van der Waals surface area contributed by atoms with Gasteiger partial charge in [0.15, 0.2) is 0 Å². The maximum atomic E-state index is 13.7. The van der Waals surface area contributed by atoms with Crippen LogP contribution in [0.2, 0.25) is 0 Å². The van der Waals surface area contributed by atoms with Crippen molar-refractivity contribution in [2.24, 2.45) is 5.73 Å². The van der Waals surface area contributed by atoms with Crippen molar-refractivity contribution in [1.29, 1.82) is 0 Å². The molecule has 0 bridgehead atoms. The number of carbonyl (C=O) groups is 1. The Morgan fingerprint density at radius 3 is 2.14 bits per heavy atom. The van der Waals surface area contributed by atoms with Gasteiger partial charge in [-0.25, -0.2) is 8.42 Å². The number of primary amides is 1. The fourth-order valence-corrected chi connectivity index (χ4v) is 5.19. The van der Waals surface area contributed by atoms with Gasteiger partial charge in [-0.15, -0.1) is 0 Å². The topological polar surface area (TPSA) is 77.2 Å². The molecule has 0 aliphatic heterocycles. The minimum Gasteiger partial charge on any atom is -0.366 e. The van der Waals surface area contributed by atoms with Gasteiger partial charge in [0.05, 0.1) is 9.79 Å². The second kappa shape index (κ2) is 7.18. The Morgan fingerprint density at radius 2 is 1.41 bits per heavy atom. The van der Waals surface area contributed by atoms with Crippen molar-refractivity contribution in [3.8, 4) is 11.1 Å². The second-order valence-electron chi connectivity index (χ2n) is 6.89. The summed E-state index contributed by atoms with van der Waals surface area (Å²) in [6.45, 7) is 1.91. The molecule has 0 aromatic heterocycles. The predicted octanol–water partition coefficient (Wildman–Crippen LogP) is 4.75. The number of aryl methyl sites for hydroxylation is 1. The van der Waals surface area contributed by atoms with Crippen LogP contribution in [-0.4, -0.2) is 14.3 Å². The van der Waals surface area contributed by atoms with Crippen LogP contribution in [-0.2, 0) is 9.84 Å². The summed E-state index contributed by atoms with van der Waals surface area (Å²) < 4.78 is 27.4. The summed E-state index contributed by atoms with van der Waals surface area (Å²) in [6.07, 6.45) is 0. The van der Waals surface area contributed by atoms with Crippen LogP contribution in [0.1, 0.15) is 15.9 Å². The lowest BCUT2D eigenvalue weighted by Crippen LogP contribution is -2.13. The van der Waals surface area contributed by atoms with E-state index in [1.165, 1.54) is 0 Å². The van der Waals surface area contributed by atoms with Crippen LogP contribution in [0.15, 0.2) is 94.7 Å². The Bertz CT molecular complexity index is 1340. The first kappa shape index (κ1) is 18.9. The lowest BCUT2D eigenvalue weighted by Gasteiger charge is -2.16. The normalized spacial score (nSPS) is 11.5. The van der Waals surface area contributed by atoms with Crippen LogP contribution < -0.4 is 5.73 Å². The first-order valence-corrected chi connectivity index (χ1v) is 10.6. The number of nitrogens with two attached hydrogens (primary N) is 1. The molecule has 4 nitrogen and oxygen atoms in total. The van der Waals surface area contributed by atoms with Gasteiger partial charge in [-0.05, 0) is 36.1 Å². The number of sulfone groups is 1. The Balaban J connectivity index is 2.11. The lowest BCUT2D eigenvalue weighted by molar-refractivity contribution is 0.100. The Labute approximate surface area is 169 Å². The lowest BCUT2D eigenvalue weighted by atomic mass is 9.96. The molecule has 0 unspecified atom stereocenters. The molecule has 29 heavy (non-hydrogen) atoms. The molecule has 4 aromatic carbocycles. The van der Waals surface area contributed by atoms with Crippen molar-refractivity contribution in [3.63, 3.8) is 0 Å². The van der Waals surface area contributed by atoms with Crippen molar-refractivity contribution >= 4 is 26.5 Å². The van der Waals surface area contributed by atoms with Gasteiger partial charge in [-0.3, -0.25) is 4.79 Å². The molecular weight excluding hydrogens is 382 g/mol. The molecule has 0 saturated carbocycles. The summed E-state index contributed by atoms with van der Waals surface area (Å²) in [5.41, 5.74) is 7.77. The average molecular weight is 401 g/mol. The number of amides is 1. The third-order valence-corrected chi connectivity index (χ3v) is 6.83. The number of hydrogen-bond donors (Lipinski definition) is 1. The summed E-state index contributed by atoms with van der Waals surface area (Å²) in [4.78, 5) is 12.4. The first-order chi connectivity index (χ1) is 13.9. The van der Waals surface area contributed by atoms with Crippen molar-refractivity contribution < 1.29 is 13.2 Å². The summed E-state index contributed by atoms with van der Waals surface area (Å²) in [5, 5.41) is 1.41. The summed E-state index contributed by atoms with van der Waals surface area (Å²) in [6, 6.07) is 24.5. The standard InChI is InChI=1S/C24H19NO3S/c1-16-10-13-18(14-11-16)29(27,28)23-19-7-3-2-6-17(19)12-15-21(23)20-8-4-5-9-22(20)24(25)26/h2-15H,1H3,(H2,25,26). The number of rotatable bonds is 4. The largest absolute Gasteiger partial charge is 0.366 e. The van der Waals surface area contributed by atoms with E-state index in [9.17, 15) is 13.2 Å². The molecule has 0 saturated heterocycles. The van der Waals surface area contributed by atoms with E-state index >= 15 is 0 Å². The molecular formula is C24H19NO3S. The molecule has 1 amide bonds. The SMILES string of the molecule is Cc1ccc(S(=O)(=O)c2c(-c3ccccc3C(N)=O)ccc3ccccc23)cc1. The van der Waals surface area contributed by atoms with Gasteiger partial charge < -0.3 is 5.73 Å². The molecule has 0 radical (unpaired) electrons. The monoisotopic (exact) mass is 401 g/mol. The molecule has 4 aromatic rings. The molecule has 0 heterocycles. The third-order valence-electron chi connectivity index (χ3n) is 4.96. The number of fused-ring (bicyclic) bond motifs is 1. The fraction of sp³-hybridized carbons (Fsp3) is 0.0417. The number of benzene rings is 4. The highest BCUT2D eigenvalue weighted by molar-refractivity contribution is 7.91. The zero-order valence-corrected chi connectivity index (χ0v) is 16.6. The van der Waals surface area contributed by atoms with Crippen molar-refractivity contribution in [2.75, 3.05) is 0 Å². The summed E-state index contributed by atoms with van der Waals surface area (Å²) >= 11 is 0. The van der Waals surface area contributed by atoms with E-state index in [2.05, 4.69) is 0 Å². The first-order valence-electron chi connectivity index (χ1n) is 9.12. The number of hydrogen-bond acceptors (Lipinski definition) is 3. The maximum Gasteiger partial charge on any atom is 0.249 e. The maximum absolute atomic E-state index is 13.7. The van der Waals surface area contributed by atoms with Crippen LogP contribution in [0.3, 0.4) is 0 Å². The molecule has 2 N–H and O–H groups in total. The minimum atomic E-state index is -3.86. The zero-order chi connectivity index (χ0) is 20.6. The zero-order valence-electron chi connectivity index (χ0n) is 15.8. The minimum absolute atomic E-state index is 0.174. The van der Waals surface area contributed by atoms with Crippen LogP contribution in [0, 0.1) is 6.92 Å². The summed E-state index contributed by atoms with van der Waals surface area (Å²) in [5.74, 6) is -0.604. The van der Waals surface area contributed by atoms with E-state index in [-0.39, 0.29) is 15.4 Å². The van der Waals surface area contributed by atoms with Gasteiger partial charge in [0, 0.05) is 16.5 Å².